The Morgan fingerprint density at radius 2 is 2.12 bits per heavy atom. The number of hydrogen-bond donors (Lipinski definition) is 1. The molecule has 0 aliphatic rings. The molecule has 16 heavy (non-hydrogen) atoms. The maximum atomic E-state index is 13.0. The topological polar surface area (TPSA) is 51.8 Å². The van der Waals surface area contributed by atoms with Gasteiger partial charge in [-0.05, 0) is 30.7 Å². The number of nitrogens with zero attached hydrogens (tertiary/aromatic N) is 2. The Hall–Kier alpha value is -1.81. The number of halogens is 1. The minimum atomic E-state index is -0.419. The summed E-state index contributed by atoms with van der Waals surface area (Å²) < 4.78 is 13.0. The Bertz CT molecular complexity index is 454. The molecule has 0 amide bonds. The Morgan fingerprint density at radius 1 is 1.31 bits per heavy atom. The highest BCUT2D eigenvalue weighted by molar-refractivity contribution is 5.27. The maximum Gasteiger partial charge on any atom is 0.125 e. The summed E-state index contributed by atoms with van der Waals surface area (Å²) in [5, 5.41) is 0. The molecule has 1 unspecified atom stereocenters. The minimum Gasteiger partial charge on any atom is -0.319 e. The van der Waals surface area contributed by atoms with Crippen LogP contribution in [0.3, 0.4) is 0 Å². The summed E-state index contributed by atoms with van der Waals surface area (Å²) in [5.74, 6) is 0.364. The van der Waals surface area contributed by atoms with E-state index in [9.17, 15) is 4.39 Å². The van der Waals surface area contributed by atoms with Crippen LogP contribution in [0.5, 0.6) is 0 Å². The largest absolute Gasteiger partial charge is 0.319 e. The fourth-order valence-electron chi connectivity index (χ4n) is 1.52. The van der Waals surface area contributed by atoms with Crippen LogP contribution in [0.4, 0.5) is 4.39 Å². The van der Waals surface area contributed by atoms with Gasteiger partial charge < -0.3 is 5.73 Å². The van der Waals surface area contributed by atoms with Gasteiger partial charge in [0.2, 0.25) is 0 Å². The van der Waals surface area contributed by atoms with Crippen molar-refractivity contribution in [2.45, 2.75) is 13.0 Å². The van der Waals surface area contributed by atoms with E-state index in [4.69, 9.17) is 5.73 Å². The van der Waals surface area contributed by atoms with E-state index in [1.54, 1.807) is 31.3 Å². The van der Waals surface area contributed by atoms with Crippen LogP contribution in [0.1, 0.15) is 23.1 Å². The quantitative estimate of drug-likeness (QED) is 0.836. The molecule has 0 aliphatic carbocycles. The first-order chi connectivity index (χ1) is 7.66. The fourth-order valence-corrected chi connectivity index (χ4v) is 1.52. The van der Waals surface area contributed by atoms with Gasteiger partial charge in [0, 0.05) is 6.20 Å². The molecule has 0 aliphatic heterocycles. The van der Waals surface area contributed by atoms with Gasteiger partial charge in [0.05, 0.1) is 11.7 Å². The Balaban J connectivity index is 2.35. The molecular formula is C12H12FN3. The number of rotatable bonds is 2. The third kappa shape index (κ3) is 2.23. The van der Waals surface area contributed by atoms with E-state index in [0.29, 0.717) is 17.1 Å². The lowest BCUT2D eigenvalue weighted by Crippen LogP contribution is -2.14. The van der Waals surface area contributed by atoms with Crippen LogP contribution in [0, 0.1) is 12.7 Å². The van der Waals surface area contributed by atoms with Gasteiger partial charge in [-0.15, -0.1) is 0 Å². The SMILES string of the molecule is Cc1nccc(C(N)c2cccc(F)c2)n1. The van der Waals surface area contributed by atoms with Crippen LogP contribution in [0.25, 0.3) is 0 Å². The number of nitrogens with two attached hydrogens (primary N) is 1. The molecule has 2 rings (SSSR count). The summed E-state index contributed by atoms with van der Waals surface area (Å²) in [6.07, 6.45) is 1.65. The Kier molecular flexibility index (Phi) is 2.92. The first-order valence-electron chi connectivity index (χ1n) is 4.97. The average molecular weight is 217 g/mol. The van der Waals surface area contributed by atoms with Gasteiger partial charge in [0.1, 0.15) is 11.6 Å². The zero-order chi connectivity index (χ0) is 11.5. The summed E-state index contributed by atoms with van der Waals surface area (Å²) in [5.41, 5.74) is 7.40. The summed E-state index contributed by atoms with van der Waals surface area (Å²) in [7, 11) is 0. The van der Waals surface area contributed by atoms with E-state index in [2.05, 4.69) is 9.97 Å². The number of aromatic nitrogens is 2. The van der Waals surface area contributed by atoms with Crippen molar-refractivity contribution in [3.8, 4) is 0 Å². The normalized spacial score (nSPS) is 12.4. The van der Waals surface area contributed by atoms with Gasteiger partial charge in [-0.2, -0.15) is 0 Å². The van der Waals surface area contributed by atoms with E-state index in [1.165, 1.54) is 12.1 Å². The maximum absolute atomic E-state index is 13.0. The van der Waals surface area contributed by atoms with Gasteiger partial charge in [-0.1, -0.05) is 12.1 Å². The van der Waals surface area contributed by atoms with Gasteiger partial charge in [-0.25, -0.2) is 14.4 Å². The molecular weight excluding hydrogens is 205 g/mol. The van der Waals surface area contributed by atoms with Crippen molar-refractivity contribution in [2.75, 3.05) is 0 Å². The first kappa shape index (κ1) is 10.7. The van der Waals surface area contributed by atoms with Crippen LogP contribution in [0.15, 0.2) is 36.5 Å². The van der Waals surface area contributed by atoms with Crippen LogP contribution in [-0.2, 0) is 0 Å². The molecule has 0 fully saturated rings. The number of benzene rings is 1. The van der Waals surface area contributed by atoms with Crippen molar-refractivity contribution >= 4 is 0 Å². The molecule has 82 valence electrons. The highest BCUT2D eigenvalue weighted by Gasteiger charge is 2.10. The fraction of sp³-hybridized carbons (Fsp3) is 0.167. The van der Waals surface area contributed by atoms with Crippen LogP contribution < -0.4 is 5.73 Å². The molecule has 1 aromatic heterocycles. The minimum absolute atomic E-state index is 0.293. The van der Waals surface area contributed by atoms with E-state index in [0.717, 1.165) is 0 Å². The average Bonchev–Trinajstić information content (AvgIpc) is 2.28. The zero-order valence-electron chi connectivity index (χ0n) is 8.89. The predicted octanol–water partition coefficient (Wildman–Crippen LogP) is 1.97. The highest BCUT2D eigenvalue weighted by atomic mass is 19.1. The lowest BCUT2D eigenvalue weighted by molar-refractivity contribution is 0.623. The van der Waals surface area contributed by atoms with E-state index in [1.807, 2.05) is 0 Å². The first-order valence-corrected chi connectivity index (χ1v) is 4.97. The Labute approximate surface area is 93.2 Å². The lowest BCUT2D eigenvalue weighted by atomic mass is 10.0. The molecule has 0 radical (unpaired) electrons. The third-order valence-corrected chi connectivity index (χ3v) is 2.32. The summed E-state index contributed by atoms with van der Waals surface area (Å²) in [4.78, 5) is 8.21. The second-order valence-corrected chi connectivity index (χ2v) is 3.56. The van der Waals surface area contributed by atoms with Gasteiger partial charge >= 0.3 is 0 Å². The monoisotopic (exact) mass is 217 g/mol. The molecule has 0 spiro atoms. The smallest absolute Gasteiger partial charge is 0.125 e. The van der Waals surface area contributed by atoms with Crippen molar-refractivity contribution in [1.82, 2.24) is 9.97 Å². The number of aryl methyl sites for hydroxylation is 1. The predicted molar refractivity (Wildman–Crippen MR) is 59.2 cm³/mol. The van der Waals surface area contributed by atoms with Crippen LogP contribution >= 0.6 is 0 Å². The molecule has 1 atom stereocenters. The molecule has 1 heterocycles. The summed E-state index contributed by atoms with van der Waals surface area (Å²) in [6, 6.07) is 7.55. The molecule has 2 aromatic rings. The molecule has 0 bridgehead atoms. The molecule has 4 heteroatoms. The van der Waals surface area contributed by atoms with Crippen molar-refractivity contribution in [3.63, 3.8) is 0 Å². The van der Waals surface area contributed by atoms with E-state index < -0.39 is 6.04 Å². The summed E-state index contributed by atoms with van der Waals surface area (Å²) >= 11 is 0. The van der Waals surface area contributed by atoms with Crippen molar-refractivity contribution in [2.24, 2.45) is 5.73 Å². The van der Waals surface area contributed by atoms with Crippen molar-refractivity contribution < 1.29 is 4.39 Å². The van der Waals surface area contributed by atoms with Gasteiger partial charge in [0.15, 0.2) is 0 Å². The highest BCUT2D eigenvalue weighted by Crippen LogP contribution is 2.17. The third-order valence-electron chi connectivity index (χ3n) is 2.32. The molecule has 0 saturated carbocycles. The van der Waals surface area contributed by atoms with Crippen LogP contribution in [0.2, 0.25) is 0 Å². The summed E-state index contributed by atoms with van der Waals surface area (Å²) in [6.45, 7) is 1.79. The zero-order valence-corrected chi connectivity index (χ0v) is 8.89. The van der Waals surface area contributed by atoms with E-state index >= 15 is 0 Å². The van der Waals surface area contributed by atoms with Crippen LogP contribution in [-0.4, -0.2) is 9.97 Å². The molecule has 0 saturated heterocycles. The van der Waals surface area contributed by atoms with Gasteiger partial charge in [0.25, 0.3) is 0 Å². The van der Waals surface area contributed by atoms with Crippen molar-refractivity contribution in [3.05, 3.63) is 59.4 Å². The lowest BCUT2D eigenvalue weighted by Gasteiger charge is -2.11. The molecule has 3 nitrogen and oxygen atoms in total. The van der Waals surface area contributed by atoms with Crippen molar-refractivity contribution in [1.29, 1.82) is 0 Å². The second-order valence-electron chi connectivity index (χ2n) is 3.56. The van der Waals surface area contributed by atoms with Gasteiger partial charge in [-0.3, -0.25) is 0 Å². The number of hydrogen-bond acceptors (Lipinski definition) is 3. The Morgan fingerprint density at radius 3 is 2.81 bits per heavy atom. The van der Waals surface area contributed by atoms with E-state index in [-0.39, 0.29) is 5.82 Å². The molecule has 2 N–H and O–H groups in total. The standard InChI is InChI=1S/C12H12FN3/c1-8-15-6-5-11(16-8)12(14)9-3-2-4-10(13)7-9/h2-7,12H,14H2,1H3. The molecule has 1 aromatic carbocycles. The second kappa shape index (κ2) is 4.37.